The highest BCUT2D eigenvalue weighted by Gasteiger charge is 2.32. The lowest BCUT2D eigenvalue weighted by Gasteiger charge is -2.42. The van der Waals surface area contributed by atoms with Gasteiger partial charge >= 0.3 is 0 Å². The van der Waals surface area contributed by atoms with E-state index in [-0.39, 0.29) is 0 Å². The lowest BCUT2D eigenvalue weighted by molar-refractivity contribution is 0.0754. The van der Waals surface area contributed by atoms with Gasteiger partial charge in [-0.1, -0.05) is 37.3 Å². The number of fused-ring (bicyclic) bond motifs is 1. The Kier molecular flexibility index (Phi) is 7.96. The van der Waals surface area contributed by atoms with Gasteiger partial charge < -0.3 is 4.74 Å². The molecule has 0 saturated carbocycles. The molecule has 0 aliphatic carbocycles. The molecule has 1 fully saturated rings. The van der Waals surface area contributed by atoms with Crippen LogP contribution in [0.2, 0.25) is 0 Å². The van der Waals surface area contributed by atoms with Crippen molar-refractivity contribution in [1.29, 1.82) is 5.26 Å². The van der Waals surface area contributed by atoms with Gasteiger partial charge in [-0.15, -0.1) is 0 Å². The summed E-state index contributed by atoms with van der Waals surface area (Å²) in [7, 11) is 1.71. The number of nitriles is 1. The summed E-state index contributed by atoms with van der Waals surface area (Å²) in [5, 5.41) is 10.7. The van der Waals surface area contributed by atoms with Crippen molar-refractivity contribution in [1.82, 2.24) is 9.88 Å². The molecule has 0 N–H and O–H groups in total. The number of aryl methyl sites for hydroxylation is 1. The van der Waals surface area contributed by atoms with E-state index < -0.39 is 0 Å². The number of benzene rings is 2. The standard InChI is InChI=1S/C29H35N3O/c1-3-29(24-8-5-4-6-9-24)32-19-16-22(25(21-32)14-17-30)10-7-11-23-15-18-31-28-13-12-26(33-2)20-27(23)28/h4-6,8-9,12-13,15,18,20,22,25,29H,3,7,10-11,14,16,19,21H2,1-2H3. The van der Waals surface area contributed by atoms with Crippen LogP contribution in [0.4, 0.5) is 0 Å². The highest BCUT2D eigenvalue weighted by atomic mass is 16.5. The predicted molar refractivity (Wildman–Crippen MR) is 134 cm³/mol. The fourth-order valence-corrected chi connectivity index (χ4v) is 5.58. The molecule has 3 aromatic rings. The zero-order valence-electron chi connectivity index (χ0n) is 19.9. The topological polar surface area (TPSA) is 49.2 Å². The molecule has 1 aromatic heterocycles. The summed E-state index contributed by atoms with van der Waals surface area (Å²) in [6.45, 7) is 4.42. The number of likely N-dealkylation sites (tertiary alicyclic amines) is 1. The van der Waals surface area contributed by atoms with Gasteiger partial charge in [0.25, 0.3) is 0 Å². The Balaban J connectivity index is 1.40. The highest BCUT2D eigenvalue weighted by molar-refractivity contribution is 5.83. The summed E-state index contributed by atoms with van der Waals surface area (Å²) in [6.07, 6.45) is 8.20. The third kappa shape index (κ3) is 5.54. The molecule has 0 radical (unpaired) electrons. The molecule has 3 unspecified atom stereocenters. The van der Waals surface area contributed by atoms with Gasteiger partial charge in [0.1, 0.15) is 5.75 Å². The van der Waals surface area contributed by atoms with Crippen molar-refractivity contribution in [2.24, 2.45) is 11.8 Å². The summed E-state index contributed by atoms with van der Waals surface area (Å²) in [5.41, 5.74) is 3.76. The van der Waals surface area contributed by atoms with Crippen LogP contribution in [0.5, 0.6) is 5.75 Å². The highest BCUT2D eigenvalue weighted by Crippen LogP contribution is 2.36. The van der Waals surface area contributed by atoms with Gasteiger partial charge in [0, 0.05) is 30.6 Å². The predicted octanol–water partition coefficient (Wildman–Crippen LogP) is 6.57. The maximum absolute atomic E-state index is 9.52. The number of rotatable bonds is 9. The average molecular weight is 442 g/mol. The van der Waals surface area contributed by atoms with Crippen LogP contribution in [-0.4, -0.2) is 30.1 Å². The molecular weight excluding hydrogens is 406 g/mol. The molecule has 1 aliphatic heterocycles. The van der Waals surface area contributed by atoms with E-state index >= 15 is 0 Å². The molecule has 0 bridgehead atoms. The van der Waals surface area contributed by atoms with Crippen molar-refractivity contribution in [3.63, 3.8) is 0 Å². The first kappa shape index (κ1) is 23.3. The number of hydrogen-bond acceptors (Lipinski definition) is 4. The maximum atomic E-state index is 9.52. The van der Waals surface area contributed by atoms with Crippen LogP contribution < -0.4 is 4.74 Å². The lowest BCUT2D eigenvalue weighted by Crippen LogP contribution is -2.42. The van der Waals surface area contributed by atoms with Crippen LogP contribution in [0.3, 0.4) is 0 Å². The molecule has 33 heavy (non-hydrogen) atoms. The maximum Gasteiger partial charge on any atom is 0.119 e. The molecule has 4 heteroatoms. The quantitative estimate of drug-likeness (QED) is 0.377. The fourth-order valence-electron chi connectivity index (χ4n) is 5.58. The van der Waals surface area contributed by atoms with Crippen LogP contribution in [0.15, 0.2) is 60.8 Å². The fraction of sp³-hybridized carbons (Fsp3) is 0.448. The van der Waals surface area contributed by atoms with E-state index in [4.69, 9.17) is 4.74 Å². The number of hydrogen-bond donors (Lipinski definition) is 0. The SMILES string of the molecule is CCC(c1ccccc1)N1CCC(CCCc2ccnc3ccc(OC)cc23)C(CC#N)C1. The first-order chi connectivity index (χ1) is 16.2. The number of aromatic nitrogens is 1. The Bertz CT molecular complexity index is 1080. The summed E-state index contributed by atoms with van der Waals surface area (Å²) in [4.78, 5) is 7.13. The normalized spacial score (nSPS) is 19.8. The summed E-state index contributed by atoms with van der Waals surface area (Å²) >= 11 is 0. The third-order valence-corrected chi connectivity index (χ3v) is 7.35. The van der Waals surface area contributed by atoms with Crippen molar-refractivity contribution >= 4 is 10.9 Å². The Labute approximate surface area is 198 Å². The molecule has 2 aromatic carbocycles. The van der Waals surface area contributed by atoms with E-state index in [1.54, 1.807) is 7.11 Å². The first-order valence-electron chi connectivity index (χ1n) is 12.3. The number of ether oxygens (including phenoxy) is 1. The van der Waals surface area contributed by atoms with Crippen molar-refractivity contribution in [3.8, 4) is 11.8 Å². The Morgan fingerprint density at radius 1 is 1.15 bits per heavy atom. The molecule has 172 valence electrons. The van der Waals surface area contributed by atoms with E-state index in [9.17, 15) is 5.26 Å². The van der Waals surface area contributed by atoms with E-state index in [1.807, 2.05) is 18.3 Å². The molecular formula is C29H35N3O. The molecule has 4 nitrogen and oxygen atoms in total. The first-order valence-corrected chi connectivity index (χ1v) is 12.3. The molecule has 4 rings (SSSR count). The summed E-state index contributed by atoms with van der Waals surface area (Å²) < 4.78 is 5.43. The van der Waals surface area contributed by atoms with E-state index in [1.165, 1.54) is 29.4 Å². The Morgan fingerprint density at radius 3 is 2.76 bits per heavy atom. The van der Waals surface area contributed by atoms with Gasteiger partial charge in [0.2, 0.25) is 0 Å². The Hall–Kier alpha value is -2.90. The molecule has 3 atom stereocenters. The molecule has 1 saturated heterocycles. The van der Waals surface area contributed by atoms with Gasteiger partial charge in [-0.05, 0) is 85.9 Å². The second kappa shape index (κ2) is 11.3. The minimum Gasteiger partial charge on any atom is -0.497 e. The Morgan fingerprint density at radius 2 is 2.00 bits per heavy atom. The zero-order valence-corrected chi connectivity index (χ0v) is 19.9. The van der Waals surface area contributed by atoms with Gasteiger partial charge in [-0.2, -0.15) is 5.26 Å². The van der Waals surface area contributed by atoms with Crippen LogP contribution >= 0.6 is 0 Å². The van der Waals surface area contributed by atoms with Crippen LogP contribution in [0.1, 0.15) is 56.2 Å². The monoisotopic (exact) mass is 441 g/mol. The number of methoxy groups -OCH3 is 1. The van der Waals surface area contributed by atoms with Crippen molar-refractivity contribution in [3.05, 3.63) is 71.9 Å². The molecule has 0 amide bonds. The van der Waals surface area contributed by atoms with Gasteiger partial charge in [0.05, 0.1) is 18.7 Å². The largest absolute Gasteiger partial charge is 0.497 e. The number of piperidine rings is 1. The smallest absolute Gasteiger partial charge is 0.119 e. The minimum absolute atomic E-state index is 0.450. The summed E-state index contributed by atoms with van der Waals surface area (Å²) in [5.74, 6) is 1.95. The lowest BCUT2D eigenvalue weighted by atomic mass is 9.79. The van der Waals surface area contributed by atoms with Crippen LogP contribution in [0, 0.1) is 23.2 Å². The molecule has 2 heterocycles. The van der Waals surface area contributed by atoms with Gasteiger partial charge in [0.15, 0.2) is 0 Å². The van der Waals surface area contributed by atoms with Gasteiger partial charge in [-0.25, -0.2) is 0 Å². The number of nitrogens with zero attached hydrogens (tertiary/aromatic N) is 3. The van der Waals surface area contributed by atoms with Crippen molar-refractivity contribution < 1.29 is 4.74 Å². The van der Waals surface area contributed by atoms with E-state index in [0.29, 0.717) is 24.3 Å². The van der Waals surface area contributed by atoms with Crippen molar-refractivity contribution in [2.75, 3.05) is 20.2 Å². The van der Waals surface area contributed by atoms with Crippen LogP contribution in [-0.2, 0) is 6.42 Å². The summed E-state index contributed by atoms with van der Waals surface area (Å²) in [6, 6.07) is 22.0. The molecule has 0 spiro atoms. The average Bonchev–Trinajstić information content (AvgIpc) is 2.86. The molecule has 1 aliphatic rings. The van der Waals surface area contributed by atoms with E-state index in [2.05, 4.69) is 65.3 Å². The third-order valence-electron chi connectivity index (χ3n) is 7.35. The van der Waals surface area contributed by atoms with Crippen LogP contribution in [0.25, 0.3) is 10.9 Å². The van der Waals surface area contributed by atoms with E-state index in [0.717, 1.165) is 43.6 Å². The minimum atomic E-state index is 0.450. The number of pyridine rings is 1. The van der Waals surface area contributed by atoms with Gasteiger partial charge in [-0.3, -0.25) is 9.88 Å². The second-order valence-electron chi connectivity index (χ2n) is 9.25. The zero-order chi connectivity index (χ0) is 23.0. The van der Waals surface area contributed by atoms with Crippen molar-refractivity contribution in [2.45, 2.75) is 51.5 Å². The second-order valence-corrected chi connectivity index (χ2v) is 9.25.